The van der Waals surface area contributed by atoms with Crippen molar-refractivity contribution < 1.29 is 62.2 Å². The Bertz CT molecular complexity index is 1190. The molecular weight excluding hydrogens is 741 g/mol. The summed E-state index contributed by atoms with van der Waals surface area (Å²) in [5.41, 5.74) is 0. The summed E-state index contributed by atoms with van der Waals surface area (Å²) in [6, 6.07) is 0. The van der Waals surface area contributed by atoms with Crippen molar-refractivity contribution in [2.45, 2.75) is 167 Å². The van der Waals surface area contributed by atoms with Crippen molar-refractivity contribution in [1.29, 1.82) is 0 Å². The summed E-state index contributed by atoms with van der Waals surface area (Å²) in [5, 5.41) is 31.3. The molecule has 1 rings (SSSR count). The predicted octanol–water partition coefficient (Wildman–Crippen LogP) is 7.13. The Balaban J connectivity index is 2.55. The fourth-order valence-electron chi connectivity index (χ4n) is 6.46. The molecule has 1 aliphatic rings. The maximum absolute atomic E-state index is 12.8. The number of carbonyl (C=O) groups is 3. The molecule has 4 N–H and O–H groups in total. The highest BCUT2D eigenvalue weighted by Crippen LogP contribution is 2.43. The molecule has 1 unspecified atom stereocenters. The molecule has 0 heterocycles. The second kappa shape index (κ2) is 30.1. The lowest BCUT2D eigenvalue weighted by molar-refractivity contribution is -0.870. The molecule has 0 spiro atoms. The number of ether oxygens (including phenoxy) is 2. The number of quaternary nitrogens is 1. The number of ketones is 1. The van der Waals surface area contributed by atoms with Crippen LogP contribution in [0.25, 0.3) is 0 Å². The Morgan fingerprint density at radius 2 is 1.41 bits per heavy atom. The van der Waals surface area contributed by atoms with Gasteiger partial charge in [0.2, 0.25) is 0 Å². The number of rotatable bonds is 34. The molecule has 14 heteroatoms. The standard InChI is InChI=1S/C42H76NO12P/c1-6-8-10-11-12-13-14-15-16-17-19-25-42(49)55-36(33-54-56(50,51)53-29-28-43(3,4)5)32-52-41(48)24-21-20-23-35(45)30-38-37(39(46)31-40(38)47)27-26-34(44)22-18-9-7-2/h11-12,26-27,34,36-40,44,46-47H,6-10,13-25,28-33H2,1-5H3/p+1/b12-11-,27-26+/t34-,36+,37+,38+,39+,40-/m0/s1. The van der Waals surface area contributed by atoms with E-state index in [0.29, 0.717) is 36.7 Å². The molecule has 56 heavy (non-hydrogen) atoms. The van der Waals surface area contributed by atoms with Crippen molar-refractivity contribution in [2.24, 2.45) is 11.8 Å². The van der Waals surface area contributed by atoms with E-state index in [1.165, 1.54) is 12.8 Å². The van der Waals surface area contributed by atoms with Gasteiger partial charge in [-0.05, 0) is 44.9 Å². The molecule has 0 aromatic heterocycles. The number of hydrogen-bond donors (Lipinski definition) is 4. The molecule has 1 saturated carbocycles. The zero-order valence-electron chi connectivity index (χ0n) is 35.2. The number of phosphoric acid groups is 1. The molecule has 326 valence electrons. The molecule has 0 aromatic rings. The van der Waals surface area contributed by atoms with Crippen LogP contribution >= 0.6 is 7.82 Å². The van der Waals surface area contributed by atoms with Crippen LogP contribution in [-0.4, -0.2) is 114 Å². The molecule has 7 atom stereocenters. The van der Waals surface area contributed by atoms with Gasteiger partial charge in [-0.2, -0.15) is 0 Å². The van der Waals surface area contributed by atoms with E-state index in [4.69, 9.17) is 18.5 Å². The topological polar surface area (TPSA) is 186 Å². The van der Waals surface area contributed by atoms with Crippen LogP contribution in [0, 0.1) is 11.8 Å². The highest BCUT2D eigenvalue weighted by Gasteiger charge is 2.41. The summed E-state index contributed by atoms with van der Waals surface area (Å²) in [7, 11) is 1.27. The lowest BCUT2D eigenvalue weighted by Gasteiger charge is -2.24. The summed E-state index contributed by atoms with van der Waals surface area (Å²) in [6.07, 6.45) is 18.7. The molecule has 0 aliphatic heterocycles. The molecular formula is C42H77NO12P+. The van der Waals surface area contributed by atoms with E-state index < -0.39 is 62.6 Å². The summed E-state index contributed by atoms with van der Waals surface area (Å²) in [4.78, 5) is 48.3. The van der Waals surface area contributed by atoms with Crippen LogP contribution in [0.1, 0.15) is 142 Å². The quantitative estimate of drug-likeness (QED) is 0.0170. The fraction of sp³-hybridized carbons (Fsp3) is 0.833. The van der Waals surface area contributed by atoms with Gasteiger partial charge in [0.25, 0.3) is 0 Å². The van der Waals surface area contributed by atoms with Gasteiger partial charge in [-0.1, -0.05) is 89.5 Å². The third-order valence-corrected chi connectivity index (χ3v) is 10.9. The lowest BCUT2D eigenvalue weighted by atomic mass is 9.87. The summed E-state index contributed by atoms with van der Waals surface area (Å²) >= 11 is 0. The number of unbranched alkanes of at least 4 members (excludes halogenated alkanes) is 10. The normalized spacial score (nSPS) is 21.0. The molecule has 0 saturated heterocycles. The van der Waals surface area contributed by atoms with Crippen LogP contribution in [0.4, 0.5) is 0 Å². The number of nitrogens with zero attached hydrogens (tertiary/aromatic N) is 1. The van der Waals surface area contributed by atoms with Crippen molar-refractivity contribution >= 4 is 25.5 Å². The summed E-state index contributed by atoms with van der Waals surface area (Å²) in [5.74, 6) is -2.07. The van der Waals surface area contributed by atoms with Gasteiger partial charge in [-0.25, -0.2) is 4.57 Å². The van der Waals surface area contributed by atoms with E-state index in [9.17, 15) is 39.2 Å². The zero-order chi connectivity index (χ0) is 41.8. The van der Waals surface area contributed by atoms with Crippen LogP contribution in [0.5, 0.6) is 0 Å². The number of hydrogen-bond acceptors (Lipinski definition) is 11. The second-order valence-electron chi connectivity index (χ2n) is 16.3. The van der Waals surface area contributed by atoms with Crippen LogP contribution in [-0.2, 0) is 37.5 Å². The van der Waals surface area contributed by atoms with Crippen molar-refractivity contribution in [2.75, 3.05) is 47.5 Å². The number of aliphatic hydroxyl groups is 3. The molecule has 0 aromatic carbocycles. The first kappa shape index (κ1) is 52.1. The van der Waals surface area contributed by atoms with Gasteiger partial charge in [0.05, 0.1) is 46.1 Å². The molecule has 0 bridgehead atoms. The molecule has 0 amide bonds. The van der Waals surface area contributed by atoms with Crippen molar-refractivity contribution in [3.05, 3.63) is 24.3 Å². The highest BCUT2D eigenvalue weighted by atomic mass is 31.2. The smallest absolute Gasteiger partial charge is 0.462 e. The van der Waals surface area contributed by atoms with Gasteiger partial charge in [0, 0.05) is 43.9 Å². The van der Waals surface area contributed by atoms with Gasteiger partial charge in [0.1, 0.15) is 25.5 Å². The number of carbonyl (C=O) groups excluding carboxylic acids is 3. The number of allylic oxidation sites excluding steroid dienone is 2. The van der Waals surface area contributed by atoms with Crippen molar-refractivity contribution in [3.63, 3.8) is 0 Å². The van der Waals surface area contributed by atoms with E-state index in [1.807, 2.05) is 21.1 Å². The monoisotopic (exact) mass is 819 g/mol. The van der Waals surface area contributed by atoms with Gasteiger partial charge < -0.3 is 34.2 Å². The van der Waals surface area contributed by atoms with Crippen LogP contribution in [0.3, 0.4) is 0 Å². The maximum Gasteiger partial charge on any atom is 0.472 e. The Labute approximate surface area is 337 Å². The van der Waals surface area contributed by atoms with Gasteiger partial charge >= 0.3 is 19.8 Å². The zero-order valence-corrected chi connectivity index (χ0v) is 36.1. The van der Waals surface area contributed by atoms with Crippen LogP contribution in [0.2, 0.25) is 0 Å². The third-order valence-electron chi connectivity index (χ3n) is 9.94. The molecule has 0 radical (unpaired) electrons. The van der Waals surface area contributed by atoms with E-state index in [-0.39, 0.29) is 51.1 Å². The van der Waals surface area contributed by atoms with E-state index in [1.54, 1.807) is 12.2 Å². The summed E-state index contributed by atoms with van der Waals surface area (Å²) in [6.45, 7) is 3.81. The molecule has 13 nitrogen and oxygen atoms in total. The average molecular weight is 819 g/mol. The molecule has 1 fully saturated rings. The first-order chi connectivity index (χ1) is 26.6. The maximum atomic E-state index is 12.8. The Morgan fingerprint density at radius 1 is 0.786 bits per heavy atom. The second-order valence-corrected chi connectivity index (χ2v) is 17.8. The van der Waals surface area contributed by atoms with Crippen LogP contribution < -0.4 is 0 Å². The van der Waals surface area contributed by atoms with Crippen molar-refractivity contribution in [3.8, 4) is 0 Å². The SMILES string of the molecule is CCCC/C=C\CCCCCCCC(=O)O[C@H](COC(=O)CCCCC(=O)C[C@@H]1[C@@H](/C=C/[C@@H](O)CCCCC)[C@H](O)C[C@@H]1O)COP(=O)(O)OCC[N+](C)(C)C. The van der Waals surface area contributed by atoms with Gasteiger partial charge in [0.15, 0.2) is 6.10 Å². The number of likely N-dealkylation sites (N-methyl/N-ethyl adjacent to an activating group) is 1. The highest BCUT2D eigenvalue weighted by molar-refractivity contribution is 7.47. The third kappa shape index (κ3) is 26.9. The number of Topliss-reactive ketones (excluding diaryl/α,β-unsaturated/α-hetero) is 1. The number of phosphoric ester groups is 1. The summed E-state index contributed by atoms with van der Waals surface area (Å²) < 4.78 is 34.0. The first-order valence-electron chi connectivity index (χ1n) is 21.2. The molecule has 1 aliphatic carbocycles. The van der Waals surface area contributed by atoms with Gasteiger partial charge in [-0.15, -0.1) is 0 Å². The number of esters is 2. The minimum atomic E-state index is -4.46. The average Bonchev–Trinajstić information content (AvgIpc) is 3.39. The Morgan fingerprint density at radius 3 is 2.11 bits per heavy atom. The minimum Gasteiger partial charge on any atom is -0.462 e. The van der Waals surface area contributed by atoms with Crippen LogP contribution in [0.15, 0.2) is 24.3 Å². The lowest BCUT2D eigenvalue weighted by Crippen LogP contribution is -2.37. The largest absolute Gasteiger partial charge is 0.472 e. The fourth-order valence-corrected chi connectivity index (χ4v) is 7.20. The number of aliphatic hydroxyl groups excluding tert-OH is 3. The Hall–Kier alpha value is -1.96. The van der Waals surface area contributed by atoms with Crippen molar-refractivity contribution in [1.82, 2.24) is 0 Å². The first-order valence-corrected chi connectivity index (χ1v) is 22.7. The minimum absolute atomic E-state index is 0.00203. The van der Waals surface area contributed by atoms with E-state index in [2.05, 4.69) is 26.0 Å². The van der Waals surface area contributed by atoms with E-state index in [0.717, 1.165) is 57.8 Å². The van der Waals surface area contributed by atoms with Gasteiger partial charge in [-0.3, -0.25) is 23.4 Å². The Kier molecular flexibility index (Phi) is 28.0. The van der Waals surface area contributed by atoms with E-state index >= 15 is 0 Å². The predicted molar refractivity (Wildman–Crippen MR) is 217 cm³/mol.